The number of hydrogen-bond donors (Lipinski definition) is 8. The lowest BCUT2D eigenvalue weighted by Crippen LogP contribution is -2.42. The third kappa shape index (κ3) is 64.4. The Balaban J connectivity index is -0.000000106. The molecule has 0 saturated carbocycles. The van der Waals surface area contributed by atoms with Crippen molar-refractivity contribution in [2.45, 2.75) is 52.4 Å². The Morgan fingerprint density at radius 3 is 0.800 bits per heavy atom. The van der Waals surface area contributed by atoms with Crippen molar-refractivity contribution in [3.8, 4) is 0 Å². The second kappa shape index (κ2) is 25.5. The smallest absolute Gasteiger partial charge is 0.300 e. The predicted octanol–water partition coefficient (Wildman–Crippen LogP) is -2.62. The third-order valence-electron chi connectivity index (χ3n) is 1.33. The van der Waals surface area contributed by atoms with Crippen molar-refractivity contribution in [1.29, 1.82) is 0 Å². The molecule has 0 radical (unpaired) electrons. The van der Waals surface area contributed by atoms with E-state index in [4.69, 9.17) is 60.0 Å². The first-order valence-corrected chi connectivity index (χ1v) is 7.12. The van der Waals surface area contributed by atoms with E-state index in [1.165, 1.54) is 0 Å². The molecule has 0 spiro atoms. The van der Waals surface area contributed by atoms with Crippen LogP contribution in [-0.4, -0.2) is 102 Å². The molecule has 0 aliphatic carbocycles. The second-order valence-corrected chi connectivity index (χ2v) is 4.33. The lowest BCUT2D eigenvalue weighted by atomic mass is 10.1. The molecule has 0 bridgehead atoms. The minimum atomic E-state index is -1.96. The van der Waals surface area contributed by atoms with E-state index >= 15 is 0 Å². The molecule has 16 nitrogen and oxygen atoms in total. The Kier molecular flexibility index (Phi) is 31.6. The number of carboxylic acid groups (broad SMARTS) is 4. The Hall–Kier alpha value is -3.52. The summed E-state index contributed by atoms with van der Waals surface area (Å²) in [7, 11) is 0. The van der Waals surface area contributed by atoms with E-state index in [2.05, 4.69) is 9.98 Å². The highest BCUT2D eigenvalue weighted by atomic mass is 16.4. The number of nitrogens with zero attached hydrogens (tertiary/aromatic N) is 2. The van der Waals surface area contributed by atoms with E-state index in [1.807, 2.05) is 0 Å². The predicted molar refractivity (Wildman–Crippen MR) is 93.5 cm³/mol. The molecule has 0 saturated heterocycles. The van der Waals surface area contributed by atoms with Crippen LogP contribution in [0.4, 0.5) is 0 Å². The number of aliphatic carboxylic acids is 4. The van der Waals surface area contributed by atoms with Gasteiger partial charge in [-0.15, -0.1) is 0 Å². The third-order valence-corrected chi connectivity index (χ3v) is 1.33. The van der Waals surface area contributed by atoms with Crippen LogP contribution in [0.3, 0.4) is 0 Å². The molecule has 0 aliphatic heterocycles. The molecule has 4 atom stereocenters. The van der Waals surface area contributed by atoms with E-state index < -0.39 is 48.5 Å². The maximum atomic E-state index is 9.65. The van der Waals surface area contributed by atoms with Crippen LogP contribution >= 0.6 is 0 Å². The van der Waals surface area contributed by atoms with Gasteiger partial charge >= 0.3 is 0 Å². The summed E-state index contributed by atoms with van der Waals surface area (Å²) < 4.78 is 0. The van der Waals surface area contributed by atoms with Gasteiger partial charge in [-0.1, -0.05) is 0 Å². The van der Waals surface area contributed by atoms with Crippen LogP contribution < -0.4 is 0 Å². The lowest BCUT2D eigenvalue weighted by Gasteiger charge is -2.20. The number of carbonyl (C=O) groups is 4. The van der Waals surface area contributed by atoms with Crippen molar-refractivity contribution in [2.75, 3.05) is 0 Å². The standard InChI is InChI=1S/C6H8N2O6.4C2H4O2/c9-1-7-5(13)3(11)4(12)6(14)8-2-10;4*1-2(3)4/h3-6,11-14H;4*1H3,(H,3,4). The van der Waals surface area contributed by atoms with Crippen LogP contribution in [0.5, 0.6) is 0 Å². The van der Waals surface area contributed by atoms with E-state index in [0.717, 1.165) is 39.9 Å². The van der Waals surface area contributed by atoms with Gasteiger partial charge in [0.15, 0.2) is 12.5 Å². The molecule has 0 aromatic rings. The molecule has 0 aromatic carbocycles. The summed E-state index contributed by atoms with van der Waals surface area (Å²) in [4.78, 5) is 60.6. The number of aliphatic hydroxyl groups is 4. The Morgan fingerprint density at radius 2 is 0.700 bits per heavy atom. The first kappa shape index (κ1) is 37.3. The van der Waals surface area contributed by atoms with Crippen molar-refractivity contribution in [3.63, 3.8) is 0 Å². The fourth-order valence-corrected chi connectivity index (χ4v) is 0.613. The van der Waals surface area contributed by atoms with Crippen LogP contribution in [0.15, 0.2) is 9.98 Å². The number of carbonyl (C=O) groups excluding carboxylic acids is 2. The van der Waals surface area contributed by atoms with Gasteiger partial charge in [-0.3, -0.25) is 19.2 Å². The van der Waals surface area contributed by atoms with E-state index in [0.29, 0.717) is 0 Å². The van der Waals surface area contributed by atoms with E-state index in [9.17, 15) is 9.59 Å². The minimum absolute atomic E-state index is 0.833. The maximum absolute atomic E-state index is 9.65. The number of rotatable bonds is 5. The molecule has 0 rings (SSSR count). The summed E-state index contributed by atoms with van der Waals surface area (Å²) in [5, 5.41) is 65.3. The Morgan fingerprint density at radius 1 is 0.567 bits per heavy atom. The Bertz CT molecular complexity index is 503. The quantitative estimate of drug-likeness (QED) is 0.159. The summed E-state index contributed by atoms with van der Waals surface area (Å²) in [6.45, 7) is 4.33. The zero-order chi connectivity index (χ0) is 25.4. The molecule has 30 heavy (non-hydrogen) atoms. The number of aliphatic hydroxyl groups excluding tert-OH is 4. The summed E-state index contributed by atoms with van der Waals surface area (Å²) in [6, 6.07) is 0. The van der Waals surface area contributed by atoms with E-state index in [-0.39, 0.29) is 0 Å². The first-order chi connectivity index (χ1) is 13.5. The van der Waals surface area contributed by atoms with Crippen LogP contribution in [0.2, 0.25) is 0 Å². The molecule has 0 heterocycles. The monoisotopic (exact) mass is 444 g/mol. The summed E-state index contributed by atoms with van der Waals surface area (Å²) in [5.74, 6) is -3.33. The highest BCUT2D eigenvalue weighted by molar-refractivity contribution is 5.63. The van der Waals surface area contributed by atoms with Gasteiger partial charge in [-0.2, -0.15) is 9.98 Å². The van der Waals surface area contributed by atoms with Crippen LogP contribution in [0.25, 0.3) is 0 Å². The largest absolute Gasteiger partial charge is 0.481 e. The second-order valence-electron chi connectivity index (χ2n) is 4.33. The summed E-state index contributed by atoms with van der Waals surface area (Å²) >= 11 is 0. The highest BCUT2D eigenvalue weighted by Crippen LogP contribution is 2.06. The molecule has 174 valence electrons. The SMILES string of the molecule is CC(=O)O.CC(=O)O.CC(=O)O.CC(=O)O.O=C=NC(O)C(O)C(O)C(O)N=C=O. The molecular weight excluding hydrogens is 420 g/mol. The van der Waals surface area contributed by atoms with Gasteiger partial charge in [-0.05, 0) is 0 Å². The lowest BCUT2D eigenvalue weighted by molar-refractivity contribution is -0.135. The van der Waals surface area contributed by atoms with Gasteiger partial charge in [0.1, 0.15) is 12.2 Å². The fraction of sp³-hybridized carbons (Fsp3) is 0.571. The number of isocyanates is 2. The minimum Gasteiger partial charge on any atom is -0.481 e. The molecule has 4 unspecified atom stereocenters. The fourth-order valence-electron chi connectivity index (χ4n) is 0.613. The number of carboxylic acids is 4. The summed E-state index contributed by atoms with van der Waals surface area (Å²) in [5.41, 5.74) is 0. The van der Waals surface area contributed by atoms with Crippen LogP contribution in [0.1, 0.15) is 27.7 Å². The molecular formula is C14H24N2O14. The van der Waals surface area contributed by atoms with Crippen molar-refractivity contribution < 1.29 is 69.6 Å². The normalized spacial score (nSPS) is 11.9. The molecule has 0 aromatic heterocycles. The molecule has 8 N–H and O–H groups in total. The van der Waals surface area contributed by atoms with Gasteiger partial charge in [0.05, 0.1) is 0 Å². The van der Waals surface area contributed by atoms with Gasteiger partial charge in [-0.25, -0.2) is 9.59 Å². The van der Waals surface area contributed by atoms with Crippen molar-refractivity contribution in [2.24, 2.45) is 9.98 Å². The van der Waals surface area contributed by atoms with Crippen molar-refractivity contribution >= 4 is 36.0 Å². The molecule has 16 heteroatoms. The zero-order valence-corrected chi connectivity index (χ0v) is 16.2. The average Bonchev–Trinajstić information content (AvgIpc) is 2.51. The topological polar surface area (TPSA) is 289 Å². The van der Waals surface area contributed by atoms with Crippen molar-refractivity contribution in [1.82, 2.24) is 0 Å². The molecule has 0 amide bonds. The zero-order valence-electron chi connectivity index (χ0n) is 16.2. The van der Waals surface area contributed by atoms with Crippen LogP contribution in [0, 0.1) is 0 Å². The maximum Gasteiger partial charge on any atom is 0.300 e. The van der Waals surface area contributed by atoms with Gasteiger partial charge in [0.25, 0.3) is 23.9 Å². The van der Waals surface area contributed by atoms with Crippen molar-refractivity contribution in [3.05, 3.63) is 0 Å². The summed E-state index contributed by atoms with van der Waals surface area (Å²) in [6.07, 6.45) is -5.92. The van der Waals surface area contributed by atoms with Gasteiger partial charge in [0.2, 0.25) is 12.2 Å². The number of aliphatic imine (C=N–C) groups is 2. The van der Waals surface area contributed by atoms with Gasteiger partial charge < -0.3 is 40.9 Å². The highest BCUT2D eigenvalue weighted by Gasteiger charge is 2.30. The van der Waals surface area contributed by atoms with Gasteiger partial charge in [0, 0.05) is 27.7 Å². The Labute approximate surface area is 169 Å². The van der Waals surface area contributed by atoms with E-state index in [1.54, 1.807) is 0 Å². The average molecular weight is 444 g/mol. The molecule has 0 aliphatic rings. The molecule has 0 fully saturated rings. The number of hydrogen-bond acceptors (Lipinski definition) is 12. The first-order valence-electron chi connectivity index (χ1n) is 7.12. The van der Waals surface area contributed by atoms with Crippen LogP contribution in [-0.2, 0) is 28.8 Å².